The van der Waals surface area contributed by atoms with E-state index >= 15 is 0 Å². The first-order chi connectivity index (χ1) is 5.40. The van der Waals surface area contributed by atoms with E-state index in [0.717, 1.165) is 5.69 Å². The molecule has 0 amide bonds. The number of H-pyrrole nitrogens is 1. The van der Waals surface area contributed by atoms with Gasteiger partial charge in [0.2, 0.25) is 0 Å². The van der Waals surface area contributed by atoms with Crippen molar-refractivity contribution in [2.75, 3.05) is 0 Å². The van der Waals surface area contributed by atoms with Gasteiger partial charge in [-0.2, -0.15) is 0 Å². The molecule has 0 fully saturated rings. The lowest BCUT2D eigenvalue weighted by atomic mass is 10.2. The molecule has 0 atom stereocenters. The predicted octanol–water partition coefficient (Wildman–Crippen LogP) is 2.81. The Labute approximate surface area is 65.4 Å². The third-order valence-corrected chi connectivity index (χ3v) is 1.77. The fourth-order valence-electron chi connectivity index (χ4n) is 1.21. The third-order valence-electron chi connectivity index (χ3n) is 1.77. The van der Waals surface area contributed by atoms with Gasteiger partial charge in [0, 0.05) is 11.2 Å². The normalized spacial score (nSPS) is 10.2. The number of hydrogen-bond acceptors (Lipinski definition) is 0. The maximum absolute atomic E-state index is 3.69. The van der Waals surface area contributed by atoms with Crippen molar-refractivity contribution < 1.29 is 0 Å². The van der Waals surface area contributed by atoms with Crippen LogP contribution in [0.3, 0.4) is 0 Å². The Hall–Kier alpha value is -1.50. The summed E-state index contributed by atoms with van der Waals surface area (Å²) in [6, 6.07) is 10.3. The fourth-order valence-corrected chi connectivity index (χ4v) is 1.21. The Bertz CT molecular complexity index is 351. The Kier molecular flexibility index (Phi) is 1.29. The molecule has 54 valence electrons. The quantitative estimate of drug-likeness (QED) is 0.631. The molecule has 1 aromatic heterocycles. The van der Waals surface area contributed by atoms with Gasteiger partial charge in [-0.15, -0.1) is 0 Å². The summed E-state index contributed by atoms with van der Waals surface area (Å²) < 4.78 is 0. The van der Waals surface area contributed by atoms with Crippen LogP contribution in [0.2, 0.25) is 0 Å². The van der Waals surface area contributed by atoms with Gasteiger partial charge in [0.05, 0.1) is 0 Å². The molecular weight excluding hydrogens is 134 g/mol. The molecule has 0 saturated carbocycles. The molecule has 0 bridgehead atoms. The van der Waals surface area contributed by atoms with Crippen molar-refractivity contribution in [2.24, 2.45) is 0 Å². The summed E-state index contributed by atoms with van der Waals surface area (Å²) in [7, 11) is 0. The molecule has 0 saturated heterocycles. The van der Waals surface area contributed by atoms with Crippen molar-refractivity contribution in [3.05, 3.63) is 42.6 Å². The van der Waals surface area contributed by atoms with Crippen LogP contribution in [0.4, 0.5) is 0 Å². The second-order valence-electron chi connectivity index (χ2n) is 2.52. The van der Waals surface area contributed by atoms with Crippen LogP contribution >= 0.6 is 0 Å². The number of aromatic amines is 1. The highest BCUT2D eigenvalue weighted by atomic mass is 14.7. The predicted molar refractivity (Wildman–Crippen MR) is 48.4 cm³/mol. The SMILES string of the molecule is C=Cc1cc2ccccc2[nH]1. The number of hydrogen-bond donors (Lipinski definition) is 1. The molecule has 0 aliphatic carbocycles. The lowest BCUT2D eigenvalue weighted by Crippen LogP contribution is -1.65. The maximum Gasteiger partial charge on any atom is 0.0458 e. The van der Waals surface area contributed by atoms with Crippen LogP contribution in [-0.4, -0.2) is 4.98 Å². The van der Waals surface area contributed by atoms with Crippen molar-refractivity contribution in [3.63, 3.8) is 0 Å². The minimum Gasteiger partial charge on any atom is -0.355 e. The maximum atomic E-state index is 3.69. The first-order valence-electron chi connectivity index (χ1n) is 3.60. The Morgan fingerprint density at radius 2 is 2.09 bits per heavy atom. The van der Waals surface area contributed by atoms with E-state index in [9.17, 15) is 0 Å². The molecule has 0 spiro atoms. The van der Waals surface area contributed by atoms with Gasteiger partial charge in [-0.1, -0.05) is 24.8 Å². The molecule has 2 rings (SSSR count). The van der Waals surface area contributed by atoms with Crippen LogP contribution in [0.5, 0.6) is 0 Å². The summed E-state index contributed by atoms with van der Waals surface area (Å²) in [6.07, 6.45) is 1.82. The van der Waals surface area contributed by atoms with Gasteiger partial charge in [0.25, 0.3) is 0 Å². The van der Waals surface area contributed by atoms with Crippen LogP contribution in [0, 0.1) is 0 Å². The summed E-state index contributed by atoms with van der Waals surface area (Å²) in [6.45, 7) is 3.69. The summed E-state index contributed by atoms with van der Waals surface area (Å²) in [5, 5.41) is 1.24. The molecule has 0 radical (unpaired) electrons. The molecule has 0 aliphatic heterocycles. The monoisotopic (exact) mass is 143 g/mol. The lowest BCUT2D eigenvalue weighted by molar-refractivity contribution is 1.43. The second-order valence-corrected chi connectivity index (χ2v) is 2.52. The molecule has 0 unspecified atom stereocenters. The molecular formula is C10H9N. The molecule has 0 aliphatic rings. The Morgan fingerprint density at radius 3 is 2.82 bits per heavy atom. The van der Waals surface area contributed by atoms with Crippen molar-refractivity contribution in [1.29, 1.82) is 0 Å². The van der Waals surface area contributed by atoms with Gasteiger partial charge in [-0.05, 0) is 23.6 Å². The van der Waals surface area contributed by atoms with Crippen LogP contribution in [0.25, 0.3) is 17.0 Å². The van der Waals surface area contributed by atoms with Gasteiger partial charge in [0.15, 0.2) is 0 Å². The molecule has 2 aromatic rings. The summed E-state index contributed by atoms with van der Waals surface area (Å²) in [4.78, 5) is 3.23. The number of aromatic nitrogens is 1. The first-order valence-corrected chi connectivity index (χ1v) is 3.60. The number of benzene rings is 1. The summed E-state index contributed by atoms with van der Waals surface area (Å²) >= 11 is 0. The van der Waals surface area contributed by atoms with Gasteiger partial charge in [-0.25, -0.2) is 0 Å². The zero-order valence-electron chi connectivity index (χ0n) is 6.17. The number of rotatable bonds is 1. The number of para-hydroxylation sites is 1. The highest BCUT2D eigenvalue weighted by Gasteiger charge is 1.93. The Balaban J connectivity index is 2.78. The van der Waals surface area contributed by atoms with Crippen molar-refractivity contribution in [2.45, 2.75) is 0 Å². The fraction of sp³-hybridized carbons (Fsp3) is 0. The smallest absolute Gasteiger partial charge is 0.0458 e. The lowest BCUT2D eigenvalue weighted by Gasteiger charge is -1.83. The van der Waals surface area contributed by atoms with Crippen LogP contribution in [0.1, 0.15) is 5.69 Å². The van der Waals surface area contributed by atoms with Gasteiger partial charge in [-0.3, -0.25) is 0 Å². The summed E-state index contributed by atoms with van der Waals surface area (Å²) in [5.74, 6) is 0. The standard InChI is InChI=1S/C10H9N/c1-2-9-7-8-5-3-4-6-10(8)11-9/h2-7,11H,1H2. The largest absolute Gasteiger partial charge is 0.355 e. The average molecular weight is 143 g/mol. The first kappa shape index (κ1) is 6.23. The molecule has 1 nitrogen and oxygen atoms in total. The van der Waals surface area contributed by atoms with E-state index in [-0.39, 0.29) is 0 Å². The van der Waals surface area contributed by atoms with Crippen molar-refractivity contribution in [1.82, 2.24) is 4.98 Å². The molecule has 1 heterocycles. The summed E-state index contributed by atoms with van der Waals surface area (Å²) in [5.41, 5.74) is 2.24. The van der Waals surface area contributed by atoms with Gasteiger partial charge in [0.1, 0.15) is 0 Å². The van der Waals surface area contributed by atoms with Crippen molar-refractivity contribution >= 4 is 17.0 Å². The van der Waals surface area contributed by atoms with Crippen molar-refractivity contribution in [3.8, 4) is 0 Å². The zero-order chi connectivity index (χ0) is 7.68. The number of nitrogens with one attached hydrogen (secondary N) is 1. The van der Waals surface area contributed by atoms with Crippen LogP contribution in [0.15, 0.2) is 36.9 Å². The van der Waals surface area contributed by atoms with Gasteiger partial charge < -0.3 is 4.98 Å². The second kappa shape index (κ2) is 2.27. The third kappa shape index (κ3) is 0.944. The van der Waals surface area contributed by atoms with E-state index in [4.69, 9.17) is 0 Å². The topological polar surface area (TPSA) is 15.8 Å². The molecule has 1 heteroatoms. The van der Waals surface area contributed by atoms with Crippen LogP contribution in [-0.2, 0) is 0 Å². The van der Waals surface area contributed by atoms with E-state index in [1.165, 1.54) is 10.9 Å². The minimum atomic E-state index is 1.08. The van der Waals surface area contributed by atoms with E-state index in [2.05, 4.69) is 29.8 Å². The minimum absolute atomic E-state index is 1.08. The van der Waals surface area contributed by atoms with Crippen LogP contribution < -0.4 is 0 Å². The molecule has 1 aromatic carbocycles. The van der Waals surface area contributed by atoms with E-state index in [1.54, 1.807) is 0 Å². The molecule has 11 heavy (non-hydrogen) atoms. The highest BCUT2D eigenvalue weighted by Crippen LogP contribution is 2.14. The zero-order valence-corrected chi connectivity index (χ0v) is 6.17. The van der Waals surface area contributed by atoms with E-state index in [1.807, 2.05) is 18.2 Å². The molecule has 1 N–H and O–H groups in total. The number of fused-ring (bicyclic) bond motifs is 1. The average Bonchev–Trinajstić information content (AvgIpc) is 2.46. The van der Waals surface area contributed by atoms with Gasteiger partial charge >= 0.3 is 0 Å². The van der Waals surface area contributed by atoms with E-state index in [0.29, 0.717) is 0 Å². The highest BCUT2D eigenvalue weighted by molar-refractivity contribution is 5.82. The Morgan fingerprint density at radius 1 is 1.27 bits per heavy atom. The van der Waals surface area contributed by atoms with E-state index < -0.39 is 0 Å².